The van der Waals surface area contributed by atoms with E-state index >= 15 is 0 Å². The van der Waals surface area contributed by atoms with Gasteiger partial charge in [0.15, 0.2) is 5.82 Å². The van der Waals surface area contributed by atoms with Crippen LogP contribution in [0.1, 0.15) is 22.9 Å². The molecule has 0 aliphatic heterocycles. The first kappa shape index (κ1) is 13.9. The first-order valence-corrected chi connectivity index (χ1v) is 6.94. The summed E-state index contributed by atoms with van der Waals surface area (Å²) in [5.41, 5.74) is 1.89. The van der Waals surface area contributed by atoms with E-state index in [4.69, 9.17) is 0 Å². The van der Waals surface area contributed by atoms with Gasteiger partial charge in [-0.05, 0) is 11.1 Å². The van der Waals surface area contributed by atoms with E-state index in [1.807, 2.05) is 60.7 Å². The Morgan fingerprint density at radius 3 is 2.09 bits per heavy atom. The quantitative estimate of drug-likeness (QED) is 0.749. The van der Waals surface area contributed by atoms with Crippen LogP contribution in [-0.4, -0.2) is 26.5 Å². The Morgan fingerprint density at radius 2 is 1.59 bits per heavy atom. The van der Waals surface area contributed by atoms with E-state index in [-0.39, 0.29) is 18.4 Å². The third kappa shape index (κ3) is 3.17. The van der Waals surface area contributed by atoms with Crippen LogP contribution in [-0.2, 0) is 11.3 Å². The summed E-state index contributed by atoms with van der Waals surface area (Å²) in [6, 6.07) is 19.4. The van der Waals surface area contributed by atoms with Crippen molar-refractivity contribution in [2.75, 3.05) is 0 Å². The zero-order valence-corrected chi connectivity index (χ0v) is 11.8. The first-order chi connectivity index (χ1) is 10.8. The number of H-pyrrole nitrogens is 1. The predicted molar refractivity (Wildman–Crippen MR) is 80.8 cm³/mol. The first-order valence-electron chi connectivity index (χ1n) is 6.94. The van der Waals surface area contributed by atoms with Crippen LogP contribution >= 0.6 is 0 Å². The molecular weight excluding hydrogens is 278 g/mol. The van der Waals surface area contributed by atoms with Gasteiger partial charge in [-0.1, -0.05) is 65.9 Å². The molecule has 0 radical (unpaired) electrons. The summed E-state index contributed by atoms with van der Waals surface area (Å²) in [6.45, 7) is 0.242. The number of amides is 1. The summed E-state index contributed by atoms with van der Waals surface area (Å²) in [6.07, 6.45) is 0. The van der Waals surface area contributed by atoms with Crippen LogP contribution in [0.2, 0.25) is 0 Å². The molecule has 0 atom stereocenters. The summed E-state index contributed by atoms with van der Waals surface area (Å²) >= 11 is 0. The van der Waals surface area contributed by atoms with Crippen molar-refractivity contribution in [3.8, 4) is 0 Å². The fourth-order valence-corrected chi connectivity index (χ4v) is 2.31. The highest BCUT2D eigenvalue weighted by Gasteiger charge is 2.22. The molecule has 22 heavy (non-hydrogen) atoms. The molecule has 1 aromatic heterocycles. The number of nitrogens with zero attached hydrogens (tertiary/aromatic N) is 3. The molecule has 6 heteroatoms. The van der Waals surface area contributed by atoms with Gasteiger partial charge in [0, 0.05) is 0 Å². The van der Waals surface area contributed by atoms with Gasteiger partial charge in [0.05, 0.1) is 12.5 Å². The van der Waals surface area contributed by atoms with Gasteiger partial charge in [0.1, 0.15) is 0 Å². The second kappa shape index (κ2) is 6.62. The maximum Gasteiger partial charge on any atom is 0.232 e. The number of hydrogen-bond donors (Lipinski definition) is 2. The maximum absolute atomic E-state index is 12.6. The van der Waals surface area contributed by atoms with E-state index in [1.165, 1.54) is 0 Å². The number of carbonyl (C=O) groups excluding carboxylic acids is 1. The number of carbonyl (C=O) groups is 1. The summed E-state index contributed by atoms with van der Waals surface area (Å²) in [5, 5.41) is 16.4. The molecule has 0 saturated heterocycles. The van der Waals surface area contributed by atoms with Crippen molar-refractivity contribution in [1.29, 1.82) is 0 Å². The molecule has 0 bridgehead atoms. The lowest BCUT2D eigenvalue weighted by Crippen LogP contribution is -2.30. The number of benzene rings is 2. The van der Waals surface area contributed by atoms with Crippen LogP contribution in [0, 0.1) is 0 Å². The van der Waals surface area contributed by atoms with Gasteiger partial charge in [-0.15, -0.1) is 10.2 Å². The van der Waals surface area contributed by atoms with Crippen LogP contribution in [0.5, 0.6) is 0 Å². The molecule has 2 N–H and O–H groups in total. The Hall–Kier alpha value is -3.02. The topological polar surface area (TPSA) is 83.6 Å². The maximum atomic E-state index is 12.6. The van der Waals surface area contributed by atoms with E-state index in [2.05, 4.69) is 25.9 Å². The lowest BCUT2D eigenvalue weighted by atomic mass is 9.90. The molecule has 110 valence electrons. The molecule has 3 aromatic rings. The van der Waals surface area contributed by atoms with Crippen molar-refractivity contribution in [3.05, 3.63) is 77.6 Å². The number of rotatable bonds is 5. The van der Waals surface area contributed by atoms with Gasteiger partial charge in [0.25, 0.3) is 0 Å². The van der Waals surface area contributed by atoms with Crippen LogP contribution in [0.4, 0.5) is 0 Å². The molecular formula is C16H15N5O. The number of aromatic amines is 1. The average molecular weight is 293 g/mol. The highest BCUT2D eigenvalue weighted by atomic mass is 16.1. The van der Waals surface area contributed by atoms with Crippen LogP contribution in [0.3, 0.4) is 0 Å². The molecule has 0 spiro atoms. The fraction of sp³-hybridized carbons (Fsp3) is 0.125. The molecule has 3 rings (SSSR count). The average Bonchev–Trinajstić information content (AvgIpc) is 3.09. The summed E-state index contributed by atoms with van der Waals surface area (Å²) in [7, 11) is 0. The molecule has 2 aromatic carbocycles. The SMILES string of the molecule is O=C(NCc1nn[nH]n1)C(c1ccccc1)c1ccccc1. The molecule has 0 fully saturated rings. The van der Waals surface area contributed by atoms with E-state index < -0.39 is 0 Å². The molecule has 0 aliphatic carbocycles. The lowest BCUT2D eigenvalue weighted by molar-refractivity contribution is -0.121. The van der Waals surface area contributed by atoms with E-state index in [9.17, 15) is 4.79 Å². The molecule has 0 aliphatic rings. The standard InChI is InChI=1S/C16H15N5O/c22-16(17-11-14-18-20-21-19-14)15(12-7-3-1-4-8-12)13-9-5-2-6-10-13/h1-10,15H,11H2,(H,17,22)(H,18,19,20,21). The predicted octanol–water partition coefficient (Wildman–Crippen LogP) is 1.65. The van der Waals surface area contributed by atoms with Crippen molar-refractivity contribution in [1.82, 2.24) is 25.9 Å². The van der Waals surface area contributed by atoms with Crippen molar-refractivity contribution >= 4 is 5.91 Å². The summed E-state index contributed by atoms with van der Waals surface area (Å²) in [4.78, 5) is 12.6. The second-order valence-electron chi connectivity index (χ2n) is 4.80. The number of aromatic nitrogens is 4. The summed E-state index contributed by atoms with van der Waals surface area (Å²) in [5.74, 6) is -0.00951. The van der Waals surface area contributed by atoms with Crippen LogP contribution in [0.15, 0.2) is 60.7 Å². The smallest absolute Gasteiger partial charge is 0.232 e. The molecule has 0 unspecified atom stereocenters. The fourth-order valence-electron chi connectivity index (χ4n) is 2.31. The third-order valence-electron chi connectivity index (χ3n) is 3.34. The van der Waals surface area contributed by atoms with E-state index in [1.54, 1.807) is 0 Å². The Balaban J connectivity index is 1.83. The second-order valence-corrected chi connectivity index (χ2v) is 4.80. The van der Waals surface area contributed by atoms with Gasteiger partial charge < -0.3 is 5.32 Å². The highest BCUT2D eigenvalue weighted by molar-refractivity contribution is 5.87. The zero-order valence-electron chi connectivity index (χ0n) is 11.8. The normalized spacial score (nSPS) is 10.6. The Labute approximate surface area is 127 Å². The zero-order chi connectivity index (χ0) is 15.2. The van der Waals surface area contributed by atoms with Crippen LogP contribution < -0.4 is 5.32 Å². The van der Waals surface area contributed by atoms with Crippen molar-refractivity contribution in [2.45, 2.75) is 12.5 Å². The van der Waals surface area contributed by atoms with E-state index in [0.717, 1.165) is 11.1 Å². The monoisotopic (exact) mass is 293 g/mol. The van der Waals surface area contributed by atoms with Gasteiger partial charge in [-0.3, -0.25) is 4.79 Å². The number of tetrazole rings is 1. The molecule has 6 nitrogen and oxygen atoms in total. The van der Waals surface area contributed by atoms with Crippen molar-refractivity contribution in [3.63, 3.8) is 0 Å². The van der Waals surface area contributed by atoms with Crippen molar-refractivity contribution < 1.29 is 4.79 Å². The minimum Gasteiger partial charge on any atom is -0.348 e. The molecule has 1 heterocycles. The molecule has 1 amide bonds. The Kier molecular flexibility index (Phi) is 4.20. The van der Waals surface area contributed by atoms with Gasteiger partial charge in [-0.2, -0.15) is 5.21 Å². The minimum absolute atomic E-state index is 0.0952. The molecule has 0 saturated carbocycles. The lowest BCUT2D eigenvalue weighted by Gasteiger charge is -2.17. The van der Waals surface area contributed by atoms with Crippen molar-refractivity contribution in [2.24, 2.45) is 0 Å². The highest BCUT2D eigenvalue weighted by Crippen LogP contribution is 2.24. The number of hydrogen-bond acceptors (Lipinski definition) is 4. The third-order valence-corrected chi connectivity index (χ3v) is 3.34. The Morgan fingerprint density at radius 1 is 1.00 bits per heavy atom. The number of nitrogens with one attached hydrogen (secondary N) is 2. The Bertz CT molecular complexity index is 673. The van der Waals surface area contributed by atoms with E-state index in [0.29, 0.717) is 5.82 Å². The van der Waals surface area contributed by atoms with Gasteiger partial charge >= 0.3 is 0 Å². The summed E-state index contributed by atoms with van der Waals surface area (Å²) < 4.78 is 0. The minimum atomic E-state index is -0.366. The van der Waals surface area contributed by atoms with Gasteiger partial charge in [0.2, 0.25) is 5.91 Å². The van der Waals surface area contributed by atoms with Gasteiger partial charge in [-0.25, -0.2) is 0 Å². The van der Waals surface area contributed by atoms with Crippen LogP contribution in [0.25, 0.3) is 0 Å². The largest absolute Gasteiger partial charge is 0.348 e.